The van der Waals surface area contributed by atoms with Crippen molar-refractivity contribution in [1.29, 1.82) is 0 Å². The molecule has 1 aliphatic rings. The lowest BCUT2D eigenvalue weighted by Gasteiger charge is -2.24. The number of ether oxygens (including phenoxy) is 1. The number of hydrogen-bond donors (Lipinski definition) is 1. The van der Waals surface area contributed by atoms with E-state index in [0.29, 0.717) is 23.7 Å². The van der Waals surface area contributed by atoms with E-state index >= 15 is 0 Å². The smallest absolute Gasteiger partial charge is 0.296 e. The molecule has 1 unspecified atom stereocenters. The molecule has 0 saturated carbocycles. The van der Waals surface area contributed by atoms with Crippen LogP contribution in [0.25, 0.3) is 16.7 Å². The fourth-order valence-corrected chi connectivity index (χ4v) is 5.38. The van der Waals surface area contributed by atoms with E-state index in [1.807, 2.05) is 79.3 Å². The number of furan rings is 1. The van der Waals surface area contributed by atoms with E-state index in [9.17, 15) is 14.7 Å². The zero-order chi connectivity index (χ0) is 27.8. The van der Waals surface area contributed by atoms with Gasteiger partial charge in [-0.3, -0.25) is 9.59 Å². The summed E-state index contributed by atoms with van der Waals surface area (Å²) in [6.45, 7) is 2.38. The van der Waals surface area contributed by atoms with Crippen LogP contribution in [-0.2, 0) is 29.8 Å². The molecule has 1 amide bonds. The third-order valence-corrected chi connectivity index (χ3v) is 7.35. The maximum atomic E-state index is 13.5. The molecule has 0 aliphatic carbocycles. The Kier molecular flexibility index (Phi) is 6.48. The predicted molar refractivity (Wildman–Crippen MR) is 151 cm³/mol. The largest absolute Gasteiger partial charge is 0.507 e. The maximum Gasteiger partial charge on any atom is 0.296 e. The molecule has 5 aromatic rings. The third-order valence-electron chi connectivity index (χ3n) is 7.35. The first-order chi connectivity index (χ1) is 19.4. The number of ketones is 1. The number of aryl methyl sites for hydroxylation is 2. The van der Waals surface area contributed by atoms with E-state index in [4.69, 9.17) is 9.15 Å². The highest BCUT2D eigenvalue weighted by Crippen LogP contribution is 2.43. The highest BCUT2D eigenvalue weighted by atomic mass is 16.5. The maximum absolute atomic E-state index is 13.5. The van der Waals surface area contributed by atoms with Gasteiger partial charge in [-0.25, -0.2) is 0 Å². The summed E-state index contributed by atoms with van der Waals surface area (Å²) in [6, 6.07) is 25.6. The molecule has 1 atom stereocenters. The van der Waals surface area contributed by atoms with Crippen LogP contribution in [0.3, 0.4) is 0 Å². The first-order valence-corrected chi connectivity index (χ1v) is 13.0. The van der Waals surface area contributed by atoms with Gasteiger partial charge >= 0.3 is 0 Å². The van der Waals surface area contributed by atoms with Gasteiger partial charge in [-0.15, -0.1) is 0 Å². The number of benzene rings is 3. The minimum Gasteiger partial charge on any atom is -0.507 e. The molecule has 3 heterocycles. The van der Waals surface area contributed by atoms with E-state index in [1.54, 1.807) is 30.3 Å². The lowest BCUT2D eigenvalue weighted by molar-refractivity contribution is -0.140. The summed E-state index contributed by atoms with van der Waals surface area (Å²) in [5.74, 6) is -0.428. The number of carbonyl (C=O) groups excluding carboxylic acids is 2. The van der Waals surface area contributed by atoms with Crippen LogP contribution in [0.5, 0.6) is 5.75 Å². The average molecular weight is 533 g/mol. The van der Waals surface area contributed by atoms with Gasteiger partial charge in [0.15, 0.2) is 0 Å². The molecule has 1 saturated heterocycles. The molecule has 3 aromatic carbocycles. The number of likely N-dealkylation sites (tertiary alicyclic amines) is 1. The summed E-state index contributed by atoms with van der Waals surface area (Å²) in [6.07, 6.45) is 3.44. The fourth-order valence-electron chi connectivity index (χ4n) is 5.38. The van der Waals surface area contributed by atoms with Gasteiger partial charge in [0.1, 0.15) is 23.9 Å². The second-order valence-electron chi connectivity index (χ2n) is 9.97. The van der Waals surface area contributed by atoms with Gasteiger partial charge in [0.25, 0.3) is 11.7 Å². The van der Waals surface area contributed by atoms with Gasteiger partial charge in [-0.1, -0.05) is 48.5 Å². The van der Waals surface area contributed by atoms with Crippen LogP contribution in [0.2, 0.25) is 0 Å². The average Bonchev–Trinajstić information content (AvgIpc) is 3.67. The number of fused-ring (bicyclic) bond motifs is 1. The van der Waals surface area contributed by atoms with E-state index in [0.717, 1.165) is 27.6 Å². The Morgan fingerprint density at radius 1 is 0.975 bits per heavy atom. The van der Waals surface area contributed by atoms with Crippen LogP contribution < -0.4 is 4.74 Å². The number of aliphatic hydroxyl groups is 1. The molecule has 0 radical (unpaired) electrons. The highest BCUT2D eigenvalue weighted by Gasteiger charge is 2.47. The minimum atomic E-state index is -0.800. The van der Waals surface area contributed by atoms with Crippen LogP contribution in [0.1, 0.15) is 34.1 Å². The first kappa shape index (κ1) is 25.2. The Morgan fingerprint density at radius 3 is 2.50 bits per heavy atom. The lowest BCUT2D eigenvalue weighted by atomic mass is 9.94. The number of rotatable bonds is 7. The molecular weight excluding hydrogens is 504 g/mol. The number of amides is 1. The number of hydrogen-bond acceptors (Lipinski definition) is 5. The summed E-state index contributed by atoms with van der Waals surface area (Å²) in [5, 5.41) is 12.5. The molecule has 200 valence electrons. The van der Waals surface area contributed by atoms with E-state index in [-0.39, 0.29) is 17.9 Å². The fraction of sp³-hybridized carbons (Fsp3) is 0.152. The Hall–Kier alpha value is -5.04. The first-order valence-electron chi connectivity index (χ1n) is 13.0. The second kappa shape index (κ2) is 10.3. The minimum absolute atomic E-state index is 0.0465. The Balaban J connectivity index is 1.42. The van der Waals surface area contributed by atoms with Crippen molar-refractivity contribution in [3.8, 4) is 5.75 Å². The Bertz CT molecular complexity index is 1750. The SMILES string of the molecule is Cc1cc(/C(O)=C2\C(=O)C(=O)N(Cc3ccco3)C2c2cn(C)c3ccccc23)ccc1OCc1ccccc1. The van der Waals surface area contributed by atoms with E-state index < -0.39 is 17.7 Å². The standard InChI is InChI=1S/C33H28N2O5/c1-21-17-23(14-15-28(21)40-20-22-9-4-3-5-10-22)31(36)29-30(26-19-34(2)27-13-7-6-12-25(26)27)35(33(38)32(29)37)18-24-11-8-16-39-24/h3-17,19,30,36H,18,20H2,1-2H3/b31-29+. The van der Waals surface area contributed by atoms with E-state index in [2.05, 4.69) is 0 Å². The summed E-state index contributed by atoms with van der Waals surface area (Å²) in [4.78, 5) is 28.4. The topological polar surface area (TPSA) is 84.9 Å². The molecule has 7 heteroatoms. The Morgan fingerprint density at radius 2 is 1.75 bits per heavy atom. The normalized spacial score (nSPS) is 16.6. The van der Waals surface area contributed by atoms with Gasteiger partial charge in [-0.2, -0.15) is 0 Å². The summed E-state index contributed by atoms with van der Waals surface area (Å²) in [5.41, 5.74) is 4.03. The molecule has 40 heavy (non-hydrogen) atoms. The number of nitrogens with zero attached hydrogens (tertiary/aromatic N) is 2. The van der Waals surface area contributed by atoms with Gasteiger partial charge in [0.05, 0.1) is 24.4 Å². The molecule has 6 rings (SSSR count). The van der Waals surface area contributed by atoms with Crippen molar-refractivity contribution in [2.45, 2.75) is 26.1 Å². The number of Topliss-reactive ketones (excluding diaryl/α,β-unsaturated/α-hetero) is 1. The zero-order valence-electron chi connectivity index (χ0n) is 22.2. The van der Waals surface area contributed by atoms with Crippen molar-refractivity contribution in [3.63, 3.8) is 0 Å². The quantitative estimate of drug-likeness (QED) is 0.151. The van der Waals surface area contributed by atoms with Crippen molar-refractivity contribution in [1.82, 2.24) is 9.47 Å². The number of para-hydroxylation sites is 1. The Labute approximate surface area is 231 Å². The van der Waals surface area contributed by atoms with Crippen LogP contribution >= 0.6 is 0 Å². The molecule has 7 nitrogen and oxygen atoms in total. The number of aromatic nitrogens is 1. The zero-order valence-corrected chi connectivity index (χ0v) is 22.2. The van der Waals surface area contributed by atoms with Crippen LogP contribution in [-0.4, -0.2) is 26.3 Å². The number of carbonyl (C=O) groups is 2. The van der Waals surface area contributed by atoms with Crippen LogP contribution in [0.15, 0.2) is 107 Å². The second-order valence-corrected chi connectivity index (χ2v) is 9.97. The van der Waals surface area contributed by atoms with Crippen molar-refractivity contribution in [2.24, 2.45) is 7.05 Å². The van der Waals surface area contributed by atoms with Gasteiger partial charge in [-0.05, 0) is 54.4 Å². The van der Waals surface area contributed by atoms with Crippen LogP contribution in [0, 0.1) is 6.92 Å². The summed E-state index contributed by atoms with van der Waals surface area (Å²) < 4.78 is 13.5. The van der Waals surface area contributed by atoms with E-state index in [1.165, 1.54) is 11.2 Å². The molecule has 1 fully saturated rings. The van der Waals surface area contributed by atoms with Crippen molar-refractivity contribution in [2.75, 3.05) is 0 Å². The van der Waals surface area contributed by atoms with Crippen molar-refractivity contribution in [3.05, 3.63) is 131 Å². The third kappa shape index (κ3) is 4.45. The number of aliphatic hydroxyl groups excluding tert-OH is 1. The summed E-state index contributed by atoms with van der Waals surface area (Å²) in [7, 11) is 1.92. The van der Waals surface area contributed by atoms with Crippen LogP contribution in [0.4, 0.5) is 0 Å². The highest BCUT2D eigenvalue weighted by molar-refractivity contribution is 6.46. The lowest BCUT2D eigenvalue weighted by Crippen LogP contribution is -2.29. The molecule has 1 aliphatic heterocycles. The van der Waals surface area contributed by atoms with Crippen molar-refractivity contribution < 1.29 is 23.8 Å². The van der Waals surface area contributed by atoms with Gasteiger partial charge < -0.3 is 23.7 Å². The molecule has 0 spiro atoms. The van der Waals surface area contributed by atoms with Gasteiger partial charge in [0.2, 0.25) is 0 Å². The molecule has 1 N–H and O–H groups in total. The molecule has 0 bridgehead atoms. The monoisotopic (exact) mass is 532 g/mol. The summed E-state index contributed by atoms with van der Waals surface area (Å²) >= 11 is 0. The van der Waals surface area contributed by atoms with Gasteiger partial charge in [0, 0.05) is 35.3 Å². The molecular formula is C33H28N2O5. The van der Waals surface area contributed by atoms with Crippen molar-refractivity contribution >= 4 is 28.4 Å². The predicted octanol–water partition coefficient (Wildman–Crippen LogP) is 6.28. The molecule has 2 aromatic heterocycles.